The number of hydrogen-bond acceptors (Lipinski definition) is 5. The Bertz CT molecular complexity index is 948. The van der Waals surface area contributed by atoms with E-state index in [1.54, 1.807) is 6.92 Å². The van der Waals surface area contributed by atoms with Crippen molar-refractivity contribution in [1.29, 1.82) is 0 Å². The number of ketones is 1. The summed E-state index contributed by atoms with van der Waals surface area (Å²) in [6, 6.07) is 7.59. The van der Waals surface area contributed by atoms with Gasteiger partial charge in [-0.1, -0.05) is 23.4 Å². The van der Waals surface area contributed by atoms with Crippen LogP contribution < -0.4 is 0 Å². The van der Waals surface area contributed by atoms with Gasteiger partial charge in [0.25, 0.3) is 0 Å². The number of H-pyrrole nitrogens is 1. The topological polar surface area (TPSA) is 85.2 Å². The Morgan fingerprint density at radius 1 is 1.23 bits per heavy atom. The fourth-order valence-corrected chi connectivity index (χ4v) is 3.19. The van der Waals surface area contributed by atoms with Crippen LogP contribution in [0.1, 0.15) is 46.4 Å². The molecule has 136 valence electrons. The summed E-state index contributed by atoms with van der Waals surface area (Å²) in [7, 11) is 0. The highest BCUT2D eigenvalue weighted by Gasteiger charge is 2.24. The Balaban J connectivity index is 1.67. The lowest BCUT2D eigenvalue weighted by Gasteiger charge is -2.12. The molecule has 0 aliphatic rings. The zero-order valence-electron chi connectivity index (χ0n) is 15.4. The minimum Gasteiger partial charge on any atom is -0.454 e. The fraction of sp³-hybridized carbons (Fsp3) is 0.350. The van der Waals surface area contributed by atoms with Crippen molar-refractivity contribution in [3.8, 4) is 0 Å². The van der Waals surface area contributed by atoms with Crippen LogP contribution in [-0.2, 0) is 16.0 Å². The largest absolute Gasteiger partial charge is 0.454 e. The second kappa shape index (κ2) is 7.15. The van der Waals surface area contributed by atoms with E-state index in [0.717, 1.165) is 27.9 Å². The summed E-state index contributed by atoms with van der Waals surface area (Å²) in [5, 5.41) is 4.71. The van der Waals surface area contributed by atoms with Crippen LogP contribution in [0.4, 0.5) is 0 Å². The van der Waals surface area contributed by atoms with Gasteiger partial charge in [-0.2, -0.15) is 0 Å². The molecule has 6 nitrogen and oxygen atoms in total. The van der Waals surface area contributed by atoms with Crippen LogP contribution in [0.25, 0.3) is 10.9 Å². The first-order valence-electron chi connectivity index (χ1n) is 8.61. The van der Waals surface area contributed by atoms with Gasteiger partial charge in [-0.25, -0.2) is 0 Å². The molecule has 1 N–H and O–H groups in total. The molecular weight excluding hydrogens is 332 g/mol. The molecule has 2 heterocycles. The maximum atomic E-state index is 12.8. The Morgan fingerprint density at radius 3 is 2.65 bits per heavy atom. The van der Waals surface area contributed by atoms with Crippen molar-refractivity contribution in [2.24, 2.45) is 0 Å². The van der Waals surface area contributed by atoms with Crippen LogP contribution in [0, 0.1) is 20.8 Å². The monoisotopic (exact) mass is 354 g/mol. The van der Waals surface area contributed by atoms with Crippen molar-refractivity contribution < 1.29 is 18.8 Å². The number of para-hydroxylation sites is 1. The van der Waals surface area contributed by atoms with Crippen LogP contribution >= 0.6 is 0 Å². The van der Waals surface area contributed by atoms with Gasteiger partial charge in [0.15, 0.2) is 6.10 Å². The van der Waals surface area contributed by atoms with Crippen LogP contribution in [0.15, 0.2) is 28.8 Å². The minimum absolute atomic E-state index is 0.174. The number of aromatic nitrogens is 2. The molecule has 0 aliphatic heterocycles. The number of esters is 1. The number of carbonyl (C=O) groups excluding carboxylic acids is 2. The summed E-state index contributed by atoms with van der Waals surface area (Å²) in [6.45, 7) is 7.10. The highest BCUT2D eigenvalue weighted by molar-refractivity contribution is 6.11. The molecule has 3 aromatic rings. The smallest absolute Gasteiger partial charge is 0.306 e. The van der Waals surface area contributed by atoms with E-state index in [2.05, 4.69) is 10.1 Å². The Hall–Kier alpha value is -2.89. The lowest BCUT2D eigenvalue weighted by molar-refractivity contribution is -0.146. The van der Waals surface area contributed by atoms with E-state index in [1.807, 2.05) is 45.0 Å². The Labute approximate surface area is 151 Å². The maximum absolute atomic E-state index is 12.8. The SMILES string of the molecule is Cc1noc(C)c1CCC(=O)O[C@@H](C)C(=O)c1c(C)[nH]c2ccccc12. The van der Waals surface area contributed by atoms with Crippen LogP contribution in [-0.4, -0.2) is 28.0 Å². The average Bonchev–Trinajstić information content (AvgIpc) is 3.10. The summed E-state index contributed by atoms with van der Waals surface area (Å²) in [4.78, 5) is 28.1. The molecule has 6 heteroatoms. The second-order valence-corrected chi connectivity index (χ2v) is 6.47. The lowest BCUT2D eigenvalue weighted by Crippen LogP contribution is -2.25. The first kappa shape index (κ1) is 17.9. The van der Waals surface area contributed by atoms with Gasteiger partial charge >= 0.3 is 5.97 Å². The van der Waals surface area contributed by atoms with E-state index >= 15 is 0 Å². The number of nitrogens with zero attached hydrogens (tertiary/aromatic N) is 1. The van der Waals surface area contributed by atoms with Gasteiger partial charge in [-0.3, -0.25) is 9.59 Å². The first-order chi connectivity index (χ1) is 12.4. The molecule has 0 aliphatic carbocycles. The lowest BCUT2D eigenvalue weighted by atomic mass is 10.0. The van der Waals surface area contributed by atoms with Crippen molar-refractivity contribution >= 4 is 22.7 Å². The minimum atomic E-state index is -0.843. The van der Waals surface area contributed by atoms with E-state index in [9.17, 15) is 9.59 Å². The van der Waals surface area contributed by atoms with Gasteiger partial charge in [0.2, 0.25) is 5.78 Å². The highest BCUT2D eigenvalue weighted by atomic mass is 16.5. The number of fused-ring (bicyclic) bond motifs is 1. The quantitative estimate of drug-likeness (QED) is 0.537. The molecule has 1 atom stereocenters. The number of Topliss-reactive ketones (excluding diaryl/α,β-unsaturated/α-hetero) is 1. The van der Waals surface area contributed by atoms with Gasteiger partial charge in [0.1, 0.15) is 5.76 Å². The zero-order valence-corrected chi connectivity index (χ0v) is 15.4. The summed E-state index contributed by atoms with van der Waals surface area (Å²) in [5.41, 5.74) is 3.92. The number of ether oxygens (including phenoxy) is 1. The van der Waals surface area contributed by atoms with E-state index in [-0.39, 0.29) is 12.2 Å². The van der Waals surface area contributed by atoms with Gasteiger partial charge in [-0.05, 0) is 40.2 Å². The first-order valence-corrected chi connectivity index (χ1v) is 8.61. The summed E-state index contributed by atoms with van der Waals surface area (Å²) in [5.74, 6) is 0.0859. The number of benzene rings is 1. The predicted octanol–water partition coefficient (Wildman–Crippen LogP) is 3.83. The summed E-state index contributed by atoms with van der Waals surface area (Å²) in [6.07, 6.45) is -0.189. The summed E-state index contributed by atoms with van der Waals surface area (Å²) < 4.78 is 10.5. The van der Waals surface area contributed by atoms with Crippen molar-refractivity contribution in [3.05, 3.63) is 52.5 Å². The third-order valence-corrected chi connectivity index (χ3v) is 4.58. The highest BCUT2D eigenvalue weighted by Crippen LogP contribution is 2.24. The third-order valence-electron chi connectivity index (χ3n) is 4.58. The average molecular weight is 354 g/mol. The molecule has 0 saturated heterocycles. The van der Waals surface area contributed by atoms with Crippen LogP contribution in [0.2, 0.25) is 0 Å². The Kier molecular flexibility index (Phi) is 4.93. The number of aromatic amines is 1. The van der Waals surface area contributed by atoms with Gasteiger partial charge in [0, 0.05) is 34.1 Å². The summed E-state index contributed by atoms with van der Waals surface area (Å²) >= 11 is 0. The molecule has 0 radical (unpaired) electrons. The van der Waals surface area contributed by atoms with E-state index in [4.69, 9.17) is 9.26 Å². The van der Waals surface area contributed by atoms with E-state index in [0.29, 0.717) is 17.7 Å². The molecule has 0 amide bonds. The maximum Gasteiger partial charge on any atom is 0.306 e. The van der Waals surface area contributed by atoms with Crippen molar-refractivity contribution in [2.75, 3.05) is 0 Å². The predicted molar refractivity (Wildman–Crippen MR) is 97.2 cm³/mol. The van der Waals surface area contributed by atoms with Crippen molar-refractivity contribution in [1.82, 2.24) is 10.1 Å². The fourth-order valence-electron chi connectivity index (χ4n) is 3.19. The molecule has 0 spiro atoms. The van der Waals surface area contributed by atoms with Gasteiger partial charge in [-0.15, -0.1) is 0 Å². The number of rotatable bonds is 6. The molecule has 0 fully saturated rings. The molecule has 2 aromatic heterocycles. The van der Waals surface area contributed by atoms with E-state index < -0.39 is 12.1 Å². The standard InChI is InChI=1S/C20H22N2O4/c1-11-15(13(3)26-22-11)9-10-18(23)25-14(4)20(24)19-12(2)21-17-8-6-5-7-16(17)19/h5-8,14,21H,9-10H2,1-4H3/t14-/m0/s1. The van der Waals surface area contributed by atoms with Crippen LogP contribution in [0.5, 0.6) is 0 Å². The molecule has 1 aromatic carbocycles. The van der Waals surface area contributed by atoms with Gasteiger partial charge < -0.3 is 14.2 Å². The molecule has 0 saturated carbocycles. The number of hydrogen-bond donors (Lipinski definition) is 1. The molecule has 3 rings (SSSR count). The van der Waals surface area contributed by atoms with Crippen molar-refractivity contribution in [2.45, 2.75) is 46.6 Å². The van der Waals surface area contributed by atoms with Crippen LogP contribution in [0.3, 0.4) is 0 Å². The second-order valence-electron chi connectivity index (χ2n) is 6.47. The molecular formula is C20H22N2O4. The molecule has 0 unspecified atom stereocenters. The third kappa shape index (κ3) is 3.40. The van der Waals surface area contributed by atoms with Crippen molar-refractivity contribution in [3.63, 3.8) is 0 Å². The van der Waals surface area contributed by atoms with Gasteiger partial charge in [0.05, 0.1) is 5.69 Å². The number of aryl methyl sites for hydroxylation is 3. The number of carbonyl (C=O) groups is 2. The normalized spacial score (nSPS) is 12.3. The molecule has 26 heavy (non-hydrogen) atoms. The number of nitrogens with one attached hydrogen (secondary N) is 1. The zero-order chi connectivity index (χ0) is 18.8. The Morgan fingerprint density at radius 2 is 1.96 bits per heavy atom. The van der Waals surface area contributed by atoms with E-state index in [1.165, 1.54) is 0 Å². The molecule has 0 bridgehead atoms.